The van der Waals surface area contributed by atoms with E-state index in [2.05, 4.69) is 10.3 Å². The number of nitrogens with zero attached hydrogens (tertiary/aromatic N) is 1. The van der Waals surface area contributed by atoms with Gasteiger partial charge in [0.05, 0.1) is 18.2 Å². The highest BCUT2D eigenvalue weighted by atomic mass is 32.1. The first-order valence-corrected chi connectivity index (χ1v) is 8.63. The molecule has 0 aliphatic rings. The highest BCUT2D eigenvalue weighted by Crippen LogP contribution is 2.20. The number of aliphatic carboxylic acids is 1. The quantitative estimate of drug-likeness (QED) is 0.676. The summed E-state index contributed by atoms with van der Waals surface area (Å²) in [5.74, 6) is -1.38. The summed E-state index contributed by atoms with van der Waals surface area (Å²) in [6.07, 6.45) is 1.07. The van der Waals surface area contributed by atoms with E-state index in [4.69, 9.17) is 10.8 Å². The van der Waals surface area contributed by atoms with Gasteiger partial charge in [0.2, 0.25) is 5.91 Å². The fraction of sp³-hybridized carbons (Fsp3) is 0.353. The second kappa shape index (κ2) is 8.56. The standard InChI is InChI=1S/C17H21N3O3S/c1-2-14(17(22)23)20-15(21)9-12-10-24-16(19-12)13(18)8-11-6-4-3-5-7-11/h3-7,10,13-14H,2,8-9,18H2,1H3,(H,20,21)(H,22,23). The predicted molar refractivity (Wildman–Crippen MR) is 92.7 cm³/mol. The zero-order valence-corrected chi connectivity index (χ0v) is 14.3. The van der Waals surface area contributed by atoms with E-state index in [1.807, 2.05) is 30.3 Å². The zero-order chi connectivity index (χ0) is 17.5. The first-order valence-electron chi connectivity index (χ1n) is 7.75. The van der Waals surface area contributed by atoms with Crippen LogP contribution in [0.3, 0.4) is 0 Å². The number of carboxylic acid groups (broad SMARTS) is 1. The third-order valence-corrected chi connectivity index (χ3v) is 4.59. The molecule has 2 unspecified atom stereocenters. The number of carbonyl (C=O) groups is 2. The van der Waals surface area contributed by atoms with Crippen molar-refractivity contribution in [3.63, 3.8) is 0 Å². The number of aromatic nitrogens is 1. The lowest BCUT2D eigenvalue weighted by Gasteiger charge is -2.11. The molecule has 128 valence electrons. The van der Waals surface area contributed by atoms with E-state index in [-0.39, 0.29) is 18.4 Å². The van der Waals surface area contributed by atoms with Crippen LogP contribution in [0.4, 0.5) is 0 Å². The smallest absolute Gasteiger partial charge is 0.326 e. The lowest BCUT2D eigenvalue weighted by atomic mass is 10.1. The number of carboxylic acids is 1. The number of nitrogens with one attached hydrogen (secondary N) is 1. The molecule has 7 heteroatoms. The van der Waals surface area contributed by atoms with Crippen molar-refractivity contribution in [1.29, 1.82) is 0 Å². The summed E-state index contributed by atoms with van der Waals surface area (Å²) in [6, 6.07) is 8.82. The van der Waals surface area contributed by atoms with Gasteiger partial charge in [0.15, 0.2) is 0 Å². The largest absolute Gasteiger partial charge is 0.480 e. The van der Waals surface area contributed by atoms with Gasteiger partial charge in [0.1, 0.15) is 11.0 Å². The molecule has 0 aliphatic carbocycles. The average Bonchev–Trinajstić information content (AvgIpc) is 3.01. The van der Waals surface area contributed by atoms with E-state index in [1.54, 1.807) is 12.3 Å². The van der Waals surface area contributed by atoms with Gasteiger partial charge in [-0.15, -0.1) is 11.3 Å². The molecule has 2 aromatic rings. The van der Waals surface area contributed by atoms with Crippen LogP contribution in [0.2, 0.25) is 0 Å². The lowest BCUT2D eigenvalue weighted by molar-refractivity contribution is -0.141. The van der Waals surface area contributed by atoms with Gasteiger partial charge in [-0.1, -0.05) is 37.3 Å². The molecule has 0 saturated carbocycles. The molecular weight excluding hydrogens is 326 g/mol. The van der Waals surface area contributed by atoms with Crippen molar-refractivity contribution in [3.05, 3.63) is 52.0 Å². The Labute approximate surface area is 144 Å². The maximum absolute atomic E-state index is 11.9. The third kappa shape index (κ3) is 5.14. The Morgan fingerprint density at radius 1 is 1.33 bits per heavy atom. The number of rotatable bonds is 8. The molecule has 1 aromatic carbocycles. The van der Waals surface area contributed by atoms with E-state index in [1.165, 1.54) is 11.3 Å². The van der Waals surface area contributed by atoms with E-state index in [9.17, 15) is 9.59 Å². The summed E-state index contributed by atoms with van der Waals surface area (Å²) in [4.78, 5) is 27.3. The second-order valence-corrected chi connectivity index (χ2v) is 6.41. The first-order chi connectivity index (χ1) is 11.5. The molecule has 1 heterocycles. The van der Waals surface area contributed by atoms with Crippen LogP contribution in [0.25, 0.3) is 0 Å². The van der Waals surface area contributed by atoms with Crippen LogP contribution in [0.5, 0.6) is 0 Å². The number of hydrogen-bond acceptors (Lipinski definition) is 5. The van der Waals surface area contributed by atoms with Gasteiger partial charge < -0.3 is 16.2 Å². The van der Waals surface area contributed by atoms with E-state index < -0.39 is 12.0 Å². The highest BCUT2D eigenvalue weighted by Gasteiger charge is 2.19. The summed E-state index contributed by atoms with van der Waals surface area (Å²) in [6.45, 7) is 1.71. The molecule has 1 amide bonds. The Bertz CT molecular complexity index is 687. The fourth-order valence-electron chi connectivity index (χ4n) is 2.28. The summed E-state index contributed by atoms with van der Waals surface area (Å²) in [5, 5.41) is 14.0. The van der Waals surface area contributed by atoms with Gasteiger partial charge in [-0.2, -0.15) is 0 Å². The van der Waals surface area contributed by atoms with Crippen molar-refractivity contribution in [2.24, 2.45) is 5.73 Å². The summed E-state index contributed by atoms with van der Waals surface area (Å²) >= 11 is 1.42. The Kier molecular flexibility index (Phi) is 6.45. The van der Waals surface area contributed by atoms with Crippen LogP contribution in [-0.2, 0) is 22.4 Å². The van der Waals surface area contributed by atoms with Gasteiger partial charge in [0, 0.05) is 5.38 Å². The van der Waals surface area contributed by atoms with Crippen molar-refractivity contribution in [3.8, 4) is 0 Å². The number of benzene rings is 1. The van der Waals surface area contributed by atoms with Gasteiger partial charge in [-0.3, -0.25) is 4.79 Å². The topological polar surface area (TPSA) is 105 Å². The predicted octanol–water partition coefficient (Wildman–Crippen LogP) is 1.91. The molecular formula is C17H21N3O3S. The Balaban J connectivity index is 1.92. The van der Waals surface area contributed by atoms with E-state index >= 15 is 0 Å². The van der Waals surface area contributed by atoms with Crippen LogP contribution in [0, 0.1) is 0 Å². The van der Waals surface area contributed by atoms with Crippen molar-refractivity contribution >= 4 is 23.2 Å². The van der Waals surface area contributed by atoms with Crippen LogP contribution in [0.1, 0.15) is 35.7 Å². The van der Waals surface area contributed by atoms with Gasteiger partial charge in [-0.25, -0.2) is 9.78 Å². The molecule has 1 aromatic heterocycles. The number of thiazole rings is 1. The Morgan fingerprint density at radius 3 is 2.67 bits per heavy atom. The Morgan fingerprint density at radius 2 is 2.04 bits per heavy atom. The fourth-order valence-corrected chi connectivity index (χ4v) is 3.10. The molecule has 24 heavy (non-hydrogen) atoms. The highest BCUT2D eigenvalue weighted by molar-refractivity contribution is 7.09. The summed E-state index contributed by atoms with van der Waals surface area (Å²) in [5.41, 5.74) is 7.92. The lowest BCUT2D eigenvalue weighted by Crippen LogP contribution is -2.41. The molecule has 0 fully saturated rings. The number of hydrogen-bond donors (Lipinski definition) is 3. The zero-order valence-electron chi connectivity index (χ0n) is 13.4. The maximum atomic E-state index is 11.9. The third-order valence-electron chi connectivity index (χ3n) is 3.57. The maximum Gasteiger partial charge on any atom is 0.326 e. The number of amides is 1. The monoisotopic (exact) mass is 347 g/mol. The minimum Gasteiger partial charge on any atom is -0.480 e. The average molecular weight is 347 g/mol. The molecule has 2 rings (SSSR count). The van der Waals surface area contributed by atoms with Crippen molar-refractivity contribution in [2.45, 2.75) is 38.3 Å². The molecule has 4 N–H and O–H groups in total. The van der Waals surface area contributed by atoms with Crippen molar-refractivity contribution in [2.75, 3.05) is 0 Å². The van der Waals surface area contributed by atoms with Crippen LogP contribution < -0.4 is 11.1 Å². The molecule has 2 atom stereocenters. The molecule has 0 saturated heterocycles. The molecule has 0 radical (unpaired) electrons. The van der Waals surface area contributed by atoms with Crippen LogP contribution in [0.15, 0.2) is 35.7 Å². The molecule has 6 nitrogen and oxygen atoms in total. The van der Waals surface area contributed by atoms with Crippen LogP contribution in [-0.4, -0.2) is 28.0 Å². The molecule has 0 aliphatic heterocycles. The normalized spacial score (nSPS) is 13.2. The minimum absolute atomic E-state index is 0.0539. The van der Waals surface area contributed by atoms with E-state index in [0.29, 0.717) is 18.5 Å². The van der Waals surface area contributed by atoms with Gasteiger partial charge in [0.25, 0.3) is 0 Å². The summed E-state index contributed by atoms with van der Waals surface area (Å²) in [7, 11) is 0. The second-order valence-electron chi connectivity index (χ2n) is 5.52. The van der Waals surface area contributed by atoms with Gasteiger partial charge in [-0.05, 0) is 18.4 Å². The van der Waals surface area contributed by atoms with Crippen molar-refractivity contribution in [1.82, 2.24) is 10.3 Å². The Hall–Kier alpha value is -2.25. The van der Waals surface area contributed by atoms with Gasteiger partial charge >= 0.3 is 5.97 Å². The first kappa shape index (κ1) is 18.1. The molecule has 0 bridgehead atoms. The summed E-state index contributed by atoms with van der Waals surface area (Å²) < 4.78 is 0. The SMILES string of the molecule is CCC(NC(=O)Cc1csc(C(N)Cc2ccccc2)n1)C(=O)O. The molecule has 0 spiro atoms. The number of carbonyl (C=O) groups excluding carboxylic acids is 1. The number of nitrogens with two attached hydrogens (primary N) is 1. The van der Waals surface area contributed by atoms with E-state index in [0.717, 1.165) is 10.6 Å². The van der Waals surface area contributed by atoms with Crippen molar-refractivity contribution < 1.29 is 14.7 Å². The van der Waals surface area contributed by atoms with Crippen LogP contribution >= 0.6 is 11.3 Å². The minimum atomic E-state index is -1.03.